The van der Waals surface area contributed by atoms with Crippen LogP contribution in [0.5, 0.6) is 0 Å². The van der Waals surface area contributed by atoms with Gasteiger partial charge in [-0.15, -0.1) is 5.92 Å². The SMILES string of the molecule is C[CH-]C(C)C(C)O.[W]. The molecular weight excluding hydrogens is 272 g/mol. The molecule has 0 heterocycles. The number of rotatable bonds is 2. The molecule has 1 N–H and O–H groups in total. The summed E-state index contributed by atoms with van der Waals surface area (Å²) in [6.07, 6.45) is 1.80. The van der Waals surface area contributed by atoms with Crippen LogP contribution in [-0.2, 0) is 21.1 Å². The molecule has 8 heavy (non-hydrogen) atoms. The molecule has 0 aromatic rings. The van der Waals surface area contributed by atoms with Gasteiger partial charge < -0.3 is 11.5 Å². The smallest absolute Gasteiger partial charge is 0.0268 e. The second kappa shape index (κ2) is 5.78. The summed E-state index contributed by atoms with van der Waals surface area (Å²) in [5.41, 5.74) is 0. The standard InChI is InChI=1S/C6H13O.W/c1-4-5(2)6(3)7;/h4-7H,1-3H3;/q-1;. The Bertz CT molecular complexity index is 45.8. The van der Waals surface area contributed by atoms with Crippen LogP contribution in [0, 0.1) is 12.3 Å². The van der Waals surface area contributed by atoms with E-state index >= 15 is 0 Å². The van der Waals surface area contributed by atoms with E-state index in [4.69, 9.17) is 5.11 Å². The van der Waals surface area contributed by atoms with Crippen molar-refractivity contribution >= 4 is 0 Å². The van der Waals surface area contributed by atoms with Gasteiger partial charge in [0.15, 0.2) is 0 Å². The number of hydrogen-bond donors (Lipinski definition) is 1. The van der Waals surface area contributed by atoms with E-state index in [1.165, 1.54) is 0 Å². The molecule has 2 atom stereocenters. The summed E-state index contributed by atoms with van der Waals surface area (Å²) in [6, 6.07) is 0. The average Bonchev–Trinajstić information content (AvgIpc) is 1.65. The number of aliphatic hydroxyl groups excluding tert-OH is 1. The normalized spacial score (nSPS) is 16.5. The Labute approximate surface area is 65.7 Å². The molecule has 0 amide bonds. The first-order valence-electron chi connectivity index (χ1n) is 2.66. The van der Waals surface area contributed by atoms with Gasteiger partial charge >= 0.3 is 0 Å². The summed E-state index contributed by atoms with van der Waals surface area (Å²) in [6.45, 7) is 5.74. The van der Waals surface area contributed by atoms with Crippen LogP contribution in [0.4, 0.5) is 0 Å². The number of hydrogen-bond acceptors (Lipinski definition) is 1. The van der Waals surface area contributed by atoms with E-state index in [1.807, 2.05) is 20.3 Å². The van der Waals surface area contributed by atoms with Crippen LogP contribution in [-0.4, -0.2) is 11.2 Å². The van der Waals surface area contributed by atoms with E-state index in [0.717, 1.165) is 0 Å². The van der Waals surface area contributed by atoms with Crippen LogP contribution in [0.2, 0.25) is 0 Å². The van der Waals surface area contributed by atoms with E-state index in [-0.39, 0.29) is 27.2 Å². The van der Waals surface area contributed by atoms with Crippen molar-refractivity contribution in [1.29, 1.82) is 0 Å². The number of aliphatic hydroxyl groups is 1. The third kappa shape index (κ3) is 4.80. The van der Waals surface area contributed by atoms with E-state index in [1.54, 1.807) is 6.92 Å². The molecule has 2 unspecified atom stereocenters. The fourth-order valence-corrected chi connectivity index (χ4v) is 0.279. The second-order valence-electron chi connectivity index (χ2n) is 1.93. The molecule has 0 radical (unpaired) electrons. The first-order valence-corrected chi connectivity index (χ1v) is 2.66. The molecule has 50 valence electrons. The predicted molar refractivity (Wildman–Crippen MR) is 30.8 cm³/mol. The topological polar surface area (TPSA) is 20.2 Å². The quantitative estimate of drug-likeness (QED) is 0.756. The van der Waals surface area contributed by atoms with Gasteiger partial charge in [-0.05, 0) is 6.92 Å². The summed E-state index contributed by atoms with van der Waals surface area (Å²) in [5, 5.41) is 8.79. The van der Waals surface area contributed by atoms with E-state index in [2.05, 4.69) is 0 Å². The van der Waals surface area contributed by atoms with Gasteiger partial charge in [-0.25, -0.2) is 0 Å². The van der Waals surface area contributed by atoms with Crippen LogP contribution in [0.25, 0.3) is 0 Å². The van der Waals surface area contributed by atoms with Gasteiger partial charge in [0.05, 0.1) is 0 Å². The summed E-state index contributed by atoms with van der Waals surface area (Å²) in [7, 11) is 0. The fourth-order valence-electron chi connectivity index (χ4n) is 0.279. The van der Waals surface area contributed by atoms with Gasteiger partial charge in [-0.3, -0.25) is 0 Å². The zero-order chi connectivity index (χ0) is 5.86. The molecule has 0 saturated heterocycles. The van der Waals surface area contributed by atoms with Crippen LogP contribution in [0.1, 0.15) is 20.8 Å². The van der Waals surface area contributed by atoms with Gasteiger partial charge in [0.25, 0.3) is 0 Å². The maximum absolute atomic E-state index is 8.79. The molecule has 0 aromatic carbocycles. The minimum atomic E-state index is -0.190. The second-order valence-corrected chi connectivity index (χ2v) is 1.93. The first-order chi connectivity index (χ1) is 3.18. The molecule has 0 aliphatic heterocycles. The molecule has 0 spiro atoms. The van der Waals surface area contributed by atoms with Crippen molar-refractivity contribution in [2.24, 2.45) is 5.92 Å². The molecular formula is C6H13OW-. The minimum Gasteiger partial charge on any atom is -0.396 e. The molecule has 0 fully saturated rings. The van der Waals surface area contributed by atoms with Gasteiger partial charge in [0.2, 0.25) is 0 Å². The van der Waals surface area contributed by atoms with Crippen molar-refractivity contribution in [2.45, 2.75) is 26.9 Å². The molecule has 0 aliphatic carbocycles. The van der Waals surface area contributed by atoms with Crippen LogP contribution in [0.3, 0.4) is 0 Å². The van der Waals surface area contributed by atoms with Crippen molar-refractivity contribution in [1.82, 2.24) is 0 Å². The Balaban J connectivity index is 0. The molecule has 0 saturated carbocycles. The predicted octanol–water partition coefficient (Wildman–Crippen LogP) is 1.22. The summed E-state index contributed by atoms with van der Waals surface area (Å²) in [4.78, 5) is 0. The van der Waals surface area contributed by atoms with Gasteiger partial charge in [0, 0.05) is 27.2 Å². The van der Waals surface area contributed by atoms with Crippen molar-refractivity contribution in [2.75, 3.05) is 0 Å². The maximum atomic E-state index is 8.79. The van der Waals surface area contributed by atoms with E-state index in [0.29, 0.717) is 5.92 Å². The van der Waals surface area contributed by atoms with Crippen molar-refractivity contribution in [3.8, 4) is 0 Å². The Morgan fingerprint density at radius 2 is 1.75 bits per heavy atom. The zero-order valence-corrected chi connectivity index (χ0v) is 8.52. The van der Waals surface area contributed by atoms with Crippen LogP contribution >= 0.6 is 0 Å². The zero-order valence-electron chi connectivity index (χ0n) is 5.59. The monoisotopic (exact) mass is 285 g/mol. The van der Waals surface area contributed by atoms with Crippen LogP contribution < -0.4 is 0 Å². The van der Waals surface area contributed by atoms with E-state index < -0.39 is 0 Å². The minimum absolute atomic E-state index is 0. The third-order valence-electron chi connectivity index (χ3n) is 1.29. The average molecular weight is 285 g/mol. The summed E-state index contributed by atoms with van der Waals surface area (Å²) < 4.78 is 0. The third-order valence-corrected chi connectivity index (χ3v) is 1.29. The molecule has 0 rings (SSSR count). The van der Waals surface area contributed by atoms with Gasteiger partial charge in [-0.2, -0.15) is 6.92 Å². The fraction of sp³-hybridized carbons (Fsp3) is 0.833. The first kappa shape index (κ1) is 11.4. The molecule has 2 heteroatoms. The Morgan fingerprint density at radius 1 is 1.38 bits per heavy atom. The maximum Gasteiger partial charge on any atom is 0.0268 e. The molecule has 1 nitrogen and oxygen atoms in total. The van der Waals surface area contributed by atoms with E-state index in [9.17, 15) is 0 Å². The van der Waals surface area contributed by atoms with Gasteiger partial charge in [-0.1, -0.05) is 6.92 Å². The van der Waals surface area contributed by atoms with Crippen molar-refractivity contribution < 1.29 is 26.2 Å². The Morgan fingerprint density at radius 3 is 1.75 bits per heavy atom. The van der Waals surface area contributed by atoms with Crippen molar-refractivity contribution in [3.05, 3.63) is 6.42 Å². The summed E-state index contributed by atoms with van der Waals surface area (Å²) >= 11 is 0. The Kier molecular flexibility index (Phi) is 8.27. The molecule has 0 aliphatic rings. The van der Waals surface area contributed by atoms with Crippen molar-refractivity contribution in [3.63, 3.8) is 0 Å². The molecule has 0 aromatic heterocycles. The van der Waals surface area contributed by atoms with Gasteiger partial charge in [0.1, 0.15) is 0 Å². The molecule has 0 bridgehead atoms. The Hall–Kier alpha value is 0.648. The van der Waals surface area contributed by atoms with Crippen LogP contribution in [0.15, 0.2) is 0 Å². The summed E-state index contributed by atoms with van der Waals surface area (Å²) in [5.74, 6) is 0.333. The largest absolute Gasteiger partial charge is 0.396 e.